The van der Waals surface area contributed by atoms with Gasteiger partial charge in [0.2, 0.25) is 0 Å². The molecule has 0 aliphatic heterocycles. The largest absolute Gasteiger partial charge is 0.467 e. The average molecular weight is 107 g/mol. The second-order valence-corrected chi connectivity index (χ2v) is 4.08. The van der Waals surface area contributed by atoms with Crippen LogP contribution in [0.1, 0.15) is 0 Å². The lowest BCUT2D eigenvalue weighted by atomic mass is 11.5. The second-order valence-electron chi connectivity index (χ2n) is 0.781. The minimum Gasteiger partial charge on any atom is -0.467 e. The van der Waals surface area contributed by atoms with Crippen molar-refractivity contribution in [2.24, 2.45) is 5.73 Å². The molecule has 0 bridgehead atoms. The lowest BCUT2D eigenvalue weighted by molar-refractivity contribution is 0.662. The van der Waals surface area contributed by atoms with Crippen LogP contribution in [-0.4, -0.2) is 26.4 Å². The zero-order valence-electron chi connectivity index (χ0n) is 3.40. The molecule has 4 heteroatoms. The van der Waals surface area contributed by atoms with Crippen LogP contribution in [0.15, 0.2) is 0 Å². The normalized spacial score (nSPS) is 11.4. The molecule has 0 unspecified atom stereocenters. The first-order valence-corrected chi connectivity index (χ1v) is 4.00. The first-order valence-electron chi connectivity index (χ1n) is 1.61. The quantitative estimate of drug-likeness (QED) is 0.389. The Morgan fingerprint density at radius 2 is 2.60 bits per heavy atom. The molecule has 32 valence electrons. The molecule has 0 aromatic heterocycles. The summed E-state index contributed by atoms with van der Waals surface area (Å²) in [5, 5.41) is 0. The van der Waals surface area contributed by atoms with Gasteiger partial charge in [-0.1, -0.05) is 0 Å². The van der Waals surface area contributed by atoms with Gasteiger partial charge in [0.1, 0.15) is 10.5 Å². The number of nitrogens with two attached hydrogens (primary N) is 1. The standard InChI is InChI=1S/CH9NOSi2/c2-1-5-3-4/h1-2,5H2,4H3. The van der Waals surface area contributed by atoms with E-state index in [1.54, 1.807) is 0 Å². The molecule has 0 aromatic carbocycles. The Bertz CT molecular complexity index is 17.1. The van der Waals surface area contributed by atoms with Crippen LogP contribution in [0.5, 0.6) is 0 Å². The molecule has 0 rings (SSSR count). The third kappa shape index (κ3) is 4.35. The van der Waals surface area contributed by atoms with Crippen LogP contribution in [-0.2, 0) is 4.12 Å². The van der Waals surface area contributed by atoms with Gasteiger partial charge in [0.15, 0.2) is 9.76 Å². The predicted molar refractivity (Wildman–Crippen MR) is 28.6 cm³/mol. The topological polar surface area (TPSA) is 35.2 Å². The smallest absolute Gasteiger partial charge is 0.159 e. The highest BCUT2D eigenvalue weighted by Gasteiger charge is 1.68. The van der Waals surface area contributed by atoms with Crippen LogP contribution in [0.3, 0.4) is 0 Å². The molecule has 0 spiro atoms. The molecule has 5 heavy (non-hydrogen) atoms. The lowest BCUT2D eigenvalue weighted by Crippen LogP contribution is -2.10. The van der Waals surface area contributed by atoms with Crippen LogP contribution < -0.4 is 5.73 Å². The van der Waals surface area contributed by atoms with Crippen LogP contribution >= 0.6 is 0 Å². The molecule has 0 aliphatic carbocycles. The van der Waals surface area contributed by atoms with E-state index in [0.717, 1.165) is 16.7 Å². The van der Waals surface area contributed by atoms with E-state index < -0.39 is 0 Å². The Labute approximate surface area is 37.2 Å². The summed E-state index contributed by atoms with van der Waals surface area (Å²) in [6, 6.07) is 0. The Morgan fingerprint density at radius 1 is 2.00 bits per heavy atom. The van der Waals surface area contributed by atoms with Gasteiger partial charge in [-0.2, -0.15) is 0 Å². The van der Waals surface area contributed by atoms with Gasteiger partial charge in [-0.15, -0.1) is 0 Å². The molecule has 2 N–H and O–H groups in total. The van der Waals surface area contributed by atoms with E-state index in [2.05, 4.69) is 0 Å². The van der Waals surface area contributed by atoms with Crippen LogP contribution in [0.4, 0.5) is 0 Å². The van der Waals surface area contributed by atoms with Gasteiger partial charge in [0.25, 0.3) is 0 Å². The molecule has 0 atom stereocenters. The molecule has 0 radical (unpaired) electrons. The van der Waals surface area contributed by atoms with Crippen molar-refractivity contribution in [3.05, 3.63) is 0 Å². The summed E-state index contributed by atoms with van der Waals surface area (Å²) in [6.07, 6.45) is 0.795. The Hall–Kier alpha value is 0.354. The van der Waals surface area contributed by atoms with Crippen molar-refractivity contribution >= 4 is 20.2 Å². The van der Waals surface area contributed by atoms with Gasteiger partial charge >= 0.3 is 0 Å². The van der Waals surface area contributed by atoms with Crippen molar-refractivity contribution in [3.63, 3.8) is 0 Å². The van der Waals surface area contributed by atoms with Crippen molar-refractivity contribution in [1.82, 2.24) is 0 Å². The summed E-state index contributed by atoms with van der Waals surface area (Å²) in [6.45, 7) is 0. The minimum absolute atomic E-state index is 0.228. The van der Waals surface area contributed by atoms with Gasteiger partial charge in [-0.3, -0.25) is 0 Å². The minimum atomic E-state index is -0.228. The molecule has 0 amide bonds. The molecule has 0 saturated heterocycles. The number of hydrogen-bond donors (Lipinski definition) is 1. The molecular weight excluding hydrogens is 98.2 g/mol. The van der Waals surface area contributed by atoms with E-state index in [1.807, 2.05) is 0 Å². The van der Waals surface area contributed by atoms with Crippen LogP contribution in [0.2, 0.25) is 0 Å². The predicted octanol–water partition coefficient (Wildman–Crippen LogP) is -2.72. The van der Waals surface area contributed by atoms with Crippen molar-refractivity contribution in [2.45, 2.75) is 0 Å². The molecule has 0 saturated carbocycles. The maximum Gasteiger partial charge on any atom is 0.159 e. The molecule has 0 heterocycles. The fraction of sp³-hybridized carbons (Fsp3) is 1.00. The Balaban J connectivity index is 2.19. The van der Waals surface area contributed by atoms with Gasteiger partial charge < -0.3 is 9.85 Å². The van der Waals surface area contributed by atoms with E-state index in [-0.39, 0.29) is 9.76 Å². The highest BCUT2D eigenvalue weighted by Crippen LogP contribution is 1.45. The Kier molecular flexibility index (Phi) is 4.66. The fourth-order valence-corrected chi connectivity index (χ4v) is 1.06. The lowest BCUT2D eigenvalue weighted by Gasteiger charge is -1.84. The summed E-state index contributed by atoms with van der Waals surface area (Å²) >= 11 is 0. The third-order valence-corrected chi connectivity index (χ3v) is 2.19. The molecular formula is CH9NOSi2. The highest BCUT2D eigenvalue weighted by molar-refractivity contribution is 6.34. The van der Waals surface area contributed by atoms with E-state index in [9.17, 15) is 0 Å². The van der Waals surface area contributed by atoms with Crippen molar-refractivity contribution in [2.75, 3.05) is 6.17 Å². The first-order chi connectivity index (χ1) is 2.41. The van der Waals surface area contributed by atoms with Crippen LogP contribution in [0, 0.1) is 0 Å². The van der Waals surface area contributed by atoms with Crippen molar-refractivity contribution < 1.29 is 4.12 Å². The van der Waals surface area contributed by atoms with E-state index in [1.165, 1.54) is 0 Å². The number of hydrogen-bond acceptors (Lipinski definition) is 2. The van der Waals surface area contributed by atoms with Gasteiger partial charge in [-0.05, 0) is 0 Å². The van der Waals surface area contributed by atoms with Crippen LogP contribution in [0.25, 0.3) is 0 Å². The van der Waals surface area contributed by atoms with Gasteiger partial charge in [0, 0.05) is 6.17 Å². The van der Waals surface area contributed by atoms with Gasteiger partial charge in [0.05, 0.1) is 0 Å². The zero-order valence-corrected chi connectivity index (χ0v) is 6.81. The summed E-state index contributed by atoms with van der Waals surface area (Å²) in [5.41, 5.74) is 5.10. The fourth-order valence-electron chi connectivity index (χ4n) is 0.118. The number of rotatable bonds is 2. The summed E-state index contributed by atoms with van der Waals surface area (Å²) in [7, 11) is 0.652. The highest BCUT2D eigenvalue weighted by atomic mass is 28.3. The summed E-state index contributed by atoms with van der Waals surface area (Å²) in [4.78, 5) is 0. The zero-order chi connectivity index (χ0) is 4.12. The molecule has 0 aromatic rings. The van der Waals surface area contributed by atoms with Crippen molar-refractivity contribution in [1.29, 1.82) is 0 Å². The monoisotopic (exact) mass is 107 g/mol. The summed E-state index contributed by atoms with van der Waals surface area (Å²) in [5.74, 6) is 0. The SMILES string of the molecule is NC[SiH2]O[SiH3]. The van der Waals surface area contributed by atoms with E-state index in [4.69, 9.17) is 9.85 Å². The maximum absolute atomic E-state index is 5.10. The molecule has 2 nitrogen and oxygen atoms in total. The average Bonchev–Trinajstić information content (AvgIpc) is 1.41. The molecule has 0 fully saturated rings. The molecule has 0 aliphatic rings. The van der Waals surface area contributed by atoms with Crippen molar-refractivity contribution in [3.8, 4) is 0 Å². The maximum atomic E-state index is 5.10. The van der Waals surface area contributed by atoms with Gasteiger partial charge in [-0.25, -0.2) is 0 Å². The first kappa shape index (κ1) is 5.35. The summed E-state index contributed by atoms with van der Waals surface area (Å²) < 4.78 is 4.84. The van der Waals surface area contributed by atoms with E-state index >= 15 is 0 Å². The second kappa shape index (κ2) is 4.35. The Morgan fingerprint density at radius 3 is 2.60 bits per heavy atom. The van der Waals surface area contributed by atoms with E-state index in [0.29, 0.717) is 0 Å². The third-order valence-electron chi connectivity index (χ3n) is 0.322.